The van der Waals surface area contributed by atoms with Crippen LogP contribution in [0.25, 0.3) is 10.9 Å². The van der Waals surface area contributed by atoms with E-state index in [2.05, 4.69) is 9.88 Å². The molecule has 0 N–H and O–H groups in total. The normalized spacial score (nSPS) is 16.5. The number of nitrogens with zero attached hydrogens (tertiary/aromatic N) is 3. The Balaban J connectivity index is 1.49. The third-order valence-electron chi connectivity index (χ3n) is 4.93. The first-order valence-corrected chi connectivity index (χ1v) is 10.4. The van der Waals surface area contributed by atoms with Gasteiger partial charge in [-0.1, -0.05) is 18.2 Å². The summed E-state index contributed by atoms with van der Waals surface area (Å²) in [4.78, 5) is 6.10. The van der Waals surface area contributed by atoms with E-state index in [0.29, 0.717) is 19.6 Å². The fourth-order valence-corrected chi connectivity index (χ4v) is 5.00. The van der Waals surface area contributed by atoms with Crippen molar-refractivity contribution in [1.29, 1.82) is 0 Å². The topological polar surface area (TPSA) is 53.5 Å². The highest BCUT2D eigenvalue weighted by Gasteiger charge is 2.30. The molecule has 0 radical (unpaired) electrons. The first-order valence-electron chi connectivity index (χ1n) is 8.95. The van der Waals surface area contributed by atoms with Gasteiger partial charge < -0.3 is 0 Å². The van der Waals surface area contributed by atoms with Crippen molar-refractivity contribution < 1.29 is 17.2 Å². The molecule has 3 aromatic rings. The lowest BCUT2D eigenvalue weighted by molar-refractivity contribution is 0.181. The Morgan fingerprint density at radius 2 is 1.71 bits per heavy atom. The minimum atomic E-state index is -3.87. The van der Waals surface area contributed by atoms with Gasteiger partial charge in [0.1, 0.15) is 16.5 Å². The smallest absolute Gasteiger partial charge is 0.246 e. The zero-order valence-electron chi connectivity index (χ0n) is 15.1. The Labute approximate surface area is 162 Å². The largest absolute Gasteiger partial charge is 0.296 e. The molecule has 28 heavy (non-hydrogen) atoms. The van der Waals surface area contributed by atoms with Crippen molar-refractivity contribution >= 4 is 20.9 Å². The van der Waals surface area contributed by atoms with E-state index in [9.17, 15) is 17.2 Å². The van der Waals surface area contributed by atoms with Crippen LogP contribution in [0.1, 0.15) is 5.56 Å². The van der Waals surface area contributed by atoms with Crippen molar-refractivity contribution in [1.82, 2.24) is 14.2 Å². The Bertz CT molecular complexity index is 1110. The van der Waals surface area contributed by atoms with Gasteiger partial charge in [0.25, 0.3) is 0 Å². The molecule has 2 aromatic carbocycles. The predicted molar refractivity (Wildman–Crippen MR) is 102 cm³/mol. The molecule has 4 rings (SSSR count). The maximum atomic E-state index is 13.9. The fourth-order valence-electron chi connectivity index (χ4n) is 3.51. The highest BCUT2D eigenvalue weighted by Crippen LogP contribution is 2.23. The second-order valence-electron chi connectivity index (χ2n) is 6.75. The monoisotopic (exact) mass is 403 g/mol. The summed E-state index contributed by atoms with van der Waals surface area (Å²) in [5.74, 6) is -1.07. The molecule has 0 saturated carbocycles. The van der Waals surface area contributed by atoms with Gasteiger partial charge in [0.05, 0.1) is 5.52 Å². The maximum absolute atomic E-state index is 13.9. The summed E-state index contributed by atoms with van der Waals surface area (Å²) < 4.78 is 54.6. The highest BCUT2D eigenvalue weighted by molar-refractivity contribution is 7.89. The summed E-state index contributed by atoms with van der Waals surface area (Å²) in [5.41, 5.74) is 1.51. The van der Waals surface area contributed by atoms with Crippen LogP contribution in [0.15, 0.2) is 59.6 Å². The second-order valence-corrected chi connectivity index (χ2v) is 8.66. The SMILES string of the molecule is O=S(=O)(c1ccccc1F)N1CCN(Cc2cc(F)cc3cccnc23)CC1. The summed E-state index contributed by atoms with van der Waals surface area (Å²) in [6.45, 7) is 1.91. The summed E-state index contributed by atoms with van der Waals surface area (Å²) in [5, 5.41) is 0.735. The van der Waals surface area contributed by atoms with Crippen LogP contribution in [0, 0.1) is 11.6 Å². The number of sulfonamides is 1. The number of piperazine rings is 1. The third-order valence-corrected chi connectivity index (χ3v) is 6.86. The highest BCUT2D eigenvalue weighted by atomic mass is 32.2. The molecule has 1 aliphatic rings. The molecule has 1 fully saturated rings. The van der Waals surface area contributed by atoms with Crippen LogP contribution in [0.5, 0.6) is 0 Å². The number of aromatic nitrogens is 1. The first-order chi connectivity index (χ1) is 13.4. The molecule has 8 heteroatoms. The van der Waals surface area contributed by atoms with Crippen LogP contribution in [-0.4, -0.2) is 48.8 Å². The Hall–Kier alpha value is -2.42. The van der Waals surface area contributed by atoms with E-state index < -0.39 is 15.8 Å². The summed E-state index contributed by atoms with van der Waals surface area (Å²) in [6.07, 6.45) is 1.67. The predicted octanol–water partition coefficient (Wildman–Crippen LogP) is 3.02. The van der Waals surface area contributed by atoms with Crippen LogP contribution < -0.4 is 0 Å². The van der Waals surface area contributed by atoms with Crippen molar-refractivity contribution in [2.24, 2.45) is 0 Å². The van der Waals surface area contributed by atoms with E-state index in [1.165, 1.54) is 34.6 Å². The van der Waals surface area contributed by atoms with Crippen molar-refractivity contribution in [3.05, 3.63) is 71.9 Å². The quantitative estimate of drug-likeness (QED) is 0.672. The standard InChI is InChI=1S/C20H19F2N3O2S/c21-17-12-15-4-3-7-23-20(15)16(13-17)14-24-8-10-25(11-9-24)28(26,27)19-6-2-1-5-18(19)22/h1-7,12-13H,8-11,14H2. The van der Waals surface area contributed by atoms with Gasteiger partial charge in [0.2, 0.25) is 10.0 Å². The summed E-state index contributed by atoms with van der Waals surface area (Å²) in [7, 11) is -3.87. The molecule has 0 atom stereocenters. The van der Waals surface area contributed by atoms with E-state index in [1.54, 1.807) is 12.3 Å². The molecule has 146 valence electrons. The molecule has 2 heterocycles. The van der Waals surface area contributed by atoms with Crippen LogP contribution in [0.2, 0.25) is 0 Å². The Morgan fingerprint density at radius 1 is 0.964 bits per heavy atom. The number of fused-ring (bicyclic) bond motifs is 1. The molecule has 0 unspecified atom stereocenters. The molecule has 1 aromatic heterocycles. The molecular formula is C20H19F2N3O2S. The van der Waals surface area contributed by atoms with Crippen LogP contribution >= 0.6 is 0 Å². The first kappa shape index (κ1) is 18.9. The third kappa shape index (κ3) is 3.63. The maximum Gasteiger partial charge on any atom is 0.246 e. The fraction of sp³-hybridized carbons (Fsp3) is 0.250. The number of hydrogen-bond donors (Lipinski definition) is 0. The number of hydrogen-bond acceptors (Lipinski definition) is 4. The van der Waals surface area contributed by atoms with Gasteiger partial charge in [0.15, 0.2) is 0 Å². The molecule has 0 spiro atoms. The van der Waals surface area contributed by atoms with Crippen molar-refractivity contribution in [3.8, 4) is 0 Å². The lowest BCUT2D eigenvalue weighted by atomic mass is 10.1. The van der Waals surface area contributed by atoms with Gasteiger partial charge in [-0.2, -0.15) is 4.31 Å². The number of benzene rings is 2. The summed E-state index contributed by atoms with van der Waals surface area (Å²) >= 11 is 0. The zero-order valence-corrected chi connectivity index (χ0v) is 15.9. The van der Waals surface area contributed by atoms with Crippen LogP contribution in [0.4, 0.5) is 8.78 Å². The Kier molecular flexibility index (Phi) is 5.09. The molecule has 1 aliphatic heterocycles. The van der Waals surface area contributed by atoms with Gasteiger partial charge in [-0.3, -0.25) is 9.88 Å². The average Bonchev–Trinajstić information content (AvgIpc) is 2.68. The molecule has 0 aliphatic carbocycles. The van der Waals surface area contributed by atoms with Crippen molar-refractivity contribution in [2.75, 3.05) is 26.2 Å². The minimum absolute atomic E-state index is 0.247. The van der Waals surface area contributed by atoms with E-state index in [-0.39, 0.29) is 23.8 Å². The number of pyridine rings is 1. The molecular weight excluding hydrogens is 384 g/mol. The molecule has 0 bridgehead atoms. The van der Waals surface area contributed by atoms with Gasteiger partial charge >= 0.3 is 0 Å². The minimum Gasteiger partial charge on any atom is -0.296 e. The van der Waals surface area contributed by atoms with E-state index in [1.807, 2.05) is 6.07 Å². The second kappa shape index (κ2) is 7.54. The van der Waals surface area contributed by atoms with Crippen molar-refractivity contribution in [2.45, 2.75) is 11.4 Å². The summed E-state index contributed by atoms with van der Waals surface area (Å²) in [6, 6.07) is 11.9. The molecule has 1 saturated heterocycles. The van der Waals surface area contributed by atoms with Gasteiger partial charge in [-0.15, -0.1) is 0 Å². The van der Waals surface area contributed by atoms with Crippen molar-refractivity contribution in [3.63, 3.8) is 0 Å². The molecule has 5 nitrogen and oxygen atoms in total. The van der Waals surface area contributed by atoms with E-state index >= 15 is 0 Å². The number of rotatable bonds is 4. The van der Waals surface area contributed by atoms with Gasteiger partial charge in [0, 0.05) is 44.3 Å². The van der Waals surface area contributed by atoms with E-state index in [0.717, 1.165) is 22.5 Å². The van der Waals surface area contributed by atoms with Gasteiger partial charge in [-0.25, -0.2) is 17.2 Å². The van der Waals surface area contributed by atoms with E-state index in [4.69, 9.17) is 0 Å². The molecule has 0 amide bonds. The zero-order chi connectivity index (χ0) is 19.7. The average molecular weight is 403 g/mol. The lowest BCUT2D eigenvalue weighted by Crippen LogP contribution is -2.48. The lowest BCUT2D eigenvalue weighted by Gasteiger charge is -2.34. The number of halogens is 2. The Morgan fingerprint density at radius 3 is 2.46 bits per heavy atom. The van der Waals surface area contributed by atoms with Gasteiger partial charge in [-0.05, 0) is 35.9 Å². The van der Waals surface area contributed by atoms with Crippen LogP contribution in [0.3, 0.4) is 0 Å². The van der Waals surface area contributed by atoms with Crippen LogP contribution in [-0.2, 0) is 16.6 Å².